The lowest BCUT2D eigenvalue weighted by atomic mass is 9.91. The first kappa shape index (κ1) is 18.7. The molecule has 6 heteroatoms. The molecule has 0 saturated heterocycles. The minimum atomic E-state index is 0.0239. The van der Waals surface area contributed by atoms with E-state index in [2.05, 4.69) is 33.9 Å². The van der Waals surface area contributed by atoms with E-state index < -0.39 is 0 Å². The van der Waals surface area contributed by atoms with Gasteiger partial charge in [-0.25, -0.2) is 9.97 Å². The van der Waals surface area contributed by atoms with Crippen LogP contribution in [0.15, 0.2) is 35.7 Å². The lowest BCUT2D eigenvalue weighted by molar-refractivity contribution is 0.0926. The van der Waals surface area contributed by atoms with Gasteiger partial charge in [-0.15, -0.1) is 11.3 Å². The van der Waals surface area contributed by atoms with E-state index in [0.717, 1.165) is 48.3 Å². The lowest BCUT2D eigenvalue weighted by Gasteiger charge is -2.26. The summed E-state index contributed by atoms with van der Waals surface area (Å²) >= 11 is 1.67. The number of nitrogens with two attached hydrogens (primary N) is 1. The Morgan fingerprint density at radius 3 is 2.59 bits per heavy atom. The molecule has 0 spiro atoms. The van der Waals surface area contributed by atoms with Gasteiger partial charge in [-0.05, 0) is 74.1 Å². The Labute approximate surface area is 174 Å². The number of benzene rings is 1. The Kier molecular flexibility index (Phi) is 4.84. The van der Waals surface area contributed by atoms with Crippen molar-refractivity contribution < 1.29 is 4.79 Å². The highest BCUT2D eigenvalue weighted by Crippen LogP contribution is 2.55. The summed E-state index contributed by atoms with van der Waals surface area (Å²) in [6, 6.07) is 10.8. The number of amides is 1. The number of aromatic nitrogens is 2. The lowest BCUT2D eigenvalue weighted by Crippen LogP contribution is -2.40. The molecule has 0 aliphatic heterocycles. The van der Waals surface area contributed by atoms with Crippen molar-refractivity contribution in [3.63, 3.8) is 0 Å². The molecule has 1 aromatic carbocycles. The molecule has 150 valence electrons. The van der Waals surface area contributed by atoms with Crippen molar-refractivity contribution in [2.24, 2.45) is 5.73 Å². The number of hydrogen-bond donors (Lipinski definition) is 2. The summed E-state index contributed by atoms with van der Waals surface area (Å²) in [5.41, 5.74) is 9.15. The van der Waals surface area contributed by atoms with Gasteiger partial charge in [-0.1, -0.05) is 12.1 Å². The molecule has 29 heavy (non-hydrogen) atoms. The topological polar surface area (TPSA) is 80.9 Å². The number of nitrogens with zero attached hydrogens (tertiary/aromatic N) is 2. The molecule has 2 aromatic heterocycles. The minimum absolute atomic E-state index is 0.0239. The summed E-state index contributed by atoms with van der Waals surface area (Å²) in [6.07, 6.45) is 5.04. The maximum absolute atomic E-state index is 12.6. The molecule has 2 fully saturated rings. The second kappa shape index (κ2) is 7.50. The fraction of sp³-hybridized carbons (Fsp3) is 0.435. The van der Waals surface area contributed by atoms with Crippen molar-refractivity contribution in [2.45, 2.75) is 62.9 Å². The van der Waals surface area contributed by atoms with E-state index in [1.807, 2.05) is 19.1 Å². The Morgan fingerprint density at radius 2 is 1.83 bits per heavy atom. The Balaban J connectivity index is 1.26. The molecule has 1 amide bonds. The van der Waals surface area contributed by atoms with Crippen LogP contribution in [0, 0.1) is 6.92 Å². The number of nitrogens with one attached hydrogen (secondary N) is 1. The molecule has 2 heterocycles. The Hall–Kier alpha value is -2.31. The second-order valence-electron chi connectivity index (χ2n) is 8.45. The highest BCUT2D eigenvalue weighted by Gasteiger charge is 2.41. The molecule has 5 nitrogen and oxygen atoms in total. The number of hydrogen-bond acceptors (Lipinski definition) is 5. The molecule has 2 saturated carbocycles. The van der Waals surface area contributed by atoms with Crippen LogP contribution in [-0.2, 0) is 0 Å². The summed E-state index contributed by atoms with van der Waals surface area (Å²) < 4.78 is 0. The highest BCUT2D eigenvalue weighted by atomic mass is 32.1. The van der Waals surface area contributed by atoms with Crippen LogP contribution in [0.25, 0.3) is 10.2 Å². The van der Waals surface area contributed by atoms with Crippen molar-refractivity contribution in [1.82, 2.24) is 15.3 Å². The monoisotopic (exact) mass is 406 g/mol. The normalized spacial score (nSPS) is 26.4. The first-order valence-corrected chi connectivity index (χ1v) is 11.3. The largest absolute Gasteiger partial charge is 0.349 e. The standard InChI is InChI=1S/C23H26N4OS/c1-13-25-21(18-10-11-29-23(18)26-13)20-12-19(20)14-2-4-15(5-3-14)22(28)27-17-8-6-16(24)7-9-17/h2-5,10-11,16-17,19-20H,6-9,12,24H2,1H3,(H,27,28). The Bertz CT molecular complexity index is 1040. The number of carbonyl (C=O) groups is 1. The van der Waals surface area contributed by atoms with Gasteiger partial charge in [-0.2, -0.15) is 0 Å². The first-order chi connectivity index (χ1) is 14.1. The molecule has 2 atom stereocenters. The van der Waals surface area contributed by atoms with Crippen LogP contribution < -0.4 is 11.1 Å². The SMILES string of the molecule is Cc1nc(C2CC2c2ccc(C(=O)NC3CCC(N)CC3)cc2)c2ccsc2n1. The van der Waals surface area contributed by atoms with Crippen LogP contribution in [-0.4, -0.2) is 28.0 Å². The maximum atomic E-state index is 12.6. The summed E-state index contributed by atoms with van der Waals surface area (Å²) in [5, 5.41) is 6.45. The van der Waals surface area contributed by atoms with Crippen molar-refractivity contribution in [1.29, 1.82) is 0 Å². The second-order valence-corrected chi connectivity index (χ2v) is 9.35. The van der Waals surface area contributed by atoms with Crippen LogP contribution in [0.2, 0.25) is 0 Å². The number of aryl methyl sites for hydroxylation is 1. The van der Waals surface area contributed by atoms with Crippen LogP contribution in [0.4, 0.5) is 0 Å². The Morgan fingerprint density at radius 1 is 1.07 bits per heavy atom. The fourth-order valence-electron chi connectivity index (χ4n) is 4.55. The smallest absolute Gasteiger partial charge is 0.251 e. The molecule has 3 N–H and O–H groups in total. The van der Waals surface area contributed by atoms with Crippen molar-refractivity contribution >= 4 is 27.5 Å². The third-order valence-corrected chi connectivity index (χ3v) is 7.12. The summed E-state index contributed by atoms with van der Waals surface area (Å²) in [7, 11) is 0. The fourth-order valence-corrected chi connectivity index (χ4v) is 5.37. The van der Waals surface area contributed by atoms with Gasteiger partial charge < -0.3 is 11.1 Å². The zero-order valence-corrected chi connectivity index (χ0v) is 17.4. The molecular weight excluding hydrogens is 380 g/mol. The predicted octanol–water partition coefficient (Wildman–Crippen LogP) is 4.27. The average molecular weight is 407 g/mol. The summed E-state index contributed by atoms with van der Waals surface area (Å²) in [6.45, 7) is 1.97. The van der Waals surface area contributed by atoms with Crippen LogP contribution in [0.3, 0.4) is 0 Å². The molecule has 3 aromatic rings. The quantitative estimate of drug-likeness (QED) is 0.678. The van der Waals surface area contributed by atoms with E-state index in [-0.39, 0.29) is 11.9 Å². The van der Waals surface area contributed by atoms with E-state index in [1.165, 1.54) is 16.6 Å². The molecule has 0 radical (unpaired) electrons. The third kappa shape index (κ3) is 3.79. The first-order valence-electron chi connectivity index (χ1n) is 10.5. The molecule has 2 aliphatic carbocycles. The summed E-state index contributed by atoms with van der Waals surface area (Å²) in [4.78, 5) is 22.9. The molecular formula is C23H26N4OS. The minimum Gasteiger partial charge on any atom is -0.349 e. The van der Waals surface area contributed by atoms with Crippen molar-refractivity contribution in [2.75, 3.05) is 0 Å². The zero-order chi connectivity index (χ0) is 20.0. The van der Waals surface area contributed by atoms with Gasteiger partial charge in [0.15, 0.2) is 0 Å². The van der Waals surface area contributed by atoms with E-state index >= 15 is 0 Å². The third-order valence-electron chi connectivity index (χ3n) is 6.32. The van der Waals surface area contributed by atoms with Gasteiger partial charge in [0.25, 0.3) is 5.91 Å². The molecule has 2 aliphatic rings. The van der Waals surface area contributed by atoms with Gasteiger partial charge >= 0.3 is 0 Å². The van der Waals surface area contributed by atoms with Gasteiger partial charge in [0, 0.05) is 29.0 Å². The van der Waals surface area contributed by atoms with Crippen LogP contribution in [0.5, 0.6) is 0 Å². The van der Waals surface area contributed by atoms with Gasteiger partial charge in [0.2, 0.25) is 0 Å². The predicted molar refractivity (Wildman–Crippen MR) is 116 cm³/mol. The van der Waals surface area contributed by atoms with E-state index in [9.17, 15) is 4.79 Å². The van der Waals surface area contributed by atoms with Crippen molar-refractivity contribution in [3.8, 4) is 0 Å². The van der Waals surface area contributed by atoms with E-state index in [0.29, 0.717) is 17.9 Å². The number of fused-ring (bicyclic) bond motifs is 1. The van der Waals surface area contributed by atoms with Crippen LogP contribution in [0.1, 0.15) is 71.4 Å². The summed E-state index contributed by atoms with van der Waals surface area (Å²) in [5.74, 6) is 1.79. The average Bonchev–Trinajstić information content (AvgIpc) is 3.38. The van der Waals surface area contributed by atoms with Gasteiger partial charge in [-0.3, -0.25) is 4.79 Å². The van der Waals surface area contributed by atoms with Gasteiger partial charge in [0.05, 0.1) is 5.69 Å². The molecule has 5 rings (SSSR count). The van der Waals surface area contributed by atoms with Gasteiger partial charge in [0.1, 0.15) is 10.7 Å². The van der Waals surface area contributed by atoms with E-state index in [1.54, 1.807) is 11.3 Å². The van der Waals surface area contributed by atoms with Crippen LogP contribution >= 0.6 is 11.3 Å². The highest BCUT2D eigenvalue weighted by molar-refractivity contribution is 7.16. The maximum Gasteiger partial charge on any atom is 0.251 e. The number of thiophene rings is 1. The number of carbonyl (C=O) groups excluding carboxylic acids is 1. The molecule has 2 unspecified atom stereocenters. The zero-order valence-electron chi connectivity index (χ0n) is 16.6. The van der Waals surface area contributed by atoms with Crippen molar-refractivity contribution in [3.05, 3.63) is 58.4 Å². The molecule has 0 bridgehead atoms. The number of rotatable bonds is 4. The van der Waals surface area contributed by atoms with E-state index in [4.69, 9.17) is 10.7 Å².